The van der Waals surface area contributed by atoms with Crippen LogP contribution < -0.4 is 0 Å². The van der Waals surface area contributed by atoms with Crippen molar-refractivity contribution in [3.8, 4) is 0 Å². The van der Waals surface area contributed by atoms with Gasteiger partial charge in [-0.2, -0.15) is 5.10 Å². The Morgan fingerprint density at radius 3 is 2.84 bits per heavy atom. The van der Waals surface area contributed by atoms with Crippen LogP contribution in [0.25, 0.3) is 10.9 Å². The van der Waals surface area contributed by atoms with Crippen molar-refractivity contribution in [1.82, 2.24) is 14.7 Å². The predicted octanol–water partition coefficient (Wildman–Crippen LogP) is 2.70. The summed E-state index contributed by atoms with van der Waals surface area (Å²) in [5.41, 5.74) is 0.915. The van der Waals surface area contributed by atoms with Gasteiger partial charge in [0.25, 0.3) is 0 Å². The highest BCUT2D eigenvalue weighted by Crippen LogP contribution is 2.19. The third-order valence-electron chi connectivity index (χ3n) is 3.60. The van der Waals surface area contributed by atoms with Gasteiger partial charge in [-0.3, -0.25) is 9.48 Å². The molecule has 0 saturated carbocycles. The Morgan fingerprint density at radius 1 is 1.26 bits per heavy atom. The van der Waals surface area contributed by atoms with E-state index in [-0.39, 0.29) is 5.91 Å². The van der Waals surface area contributed by atoms with E-state index in [1.54, 1.807) is 10.9 Å². The maximum atomic E-state index is 12.2. The van der Waals surface area contributed by atoms with Crippen LogP contribution in [0.3, 0.4) is 0 Å². The fourth-order valence-corrected chi connectivity index (χ4v) is 2.71. The Balaban J connectivity index is 1.80. The smallest absolute Gasteiger partial charge is 0.244 e. The molecule has 5 heteroatoms. The minimum Gasteiger partial charge on any atom is -0.341 e. The number of aromatic nitrogens is 2. The van der Waals surface area contributed by atoms with Gasteiger partial charge < -0.3 is 4.90 Å². The zero-order valence-corrected chi connectivity index (χ0v) is 11.4. The molecule has 2 aromatic rings. The number of carbonyl (C=O) groups is 1. The van der Waals surface area contributed by atoms with Gasteiger partial charge in [0, 0.05) is 23.5 Å². The van der Waals surface area contributed by atoms with Gasteiger partial charge in [-0.1, -0.05) is 11.6 Å². The quantitative estimate of drug-likeness (QED) is 0.846. The van der Waals surface area contributed by atoms with E-state index in [0.29, 0.717) is 11.6 Å². The fourth-order valence-electron chi connectivity index (χ4n) is 2.54. The van der Waals surface area contributed by atoms with Crippen LogP contribution in [-0.2, 0) is 11.3 Å². The lowest BCUT2D eigenvalue weighted by Crippen LogP contribution is -2.37. The first-order valence-corrected chi connectivity index (χ1v) is 7.01. The Hall–Kier alpha value is -1.55. The van der Waals surface area contributed by atoms with Crippen LogP contribution in [-0.4, -0.2) is 33.7 Å². The minimum absolute atomic E-state index is 0.143. The van der Waals surface area contributed by atoms with Gasteiger partial charge in [-0.15, -0.1) is 0 Å². The second-order valence-electron chi connectivity index (χ2n) is 4.95. The molecule has 4 nitrogen and oxygen atoms in total. The van der Waals surface area contributed by atoms with Gasteiger partial charge in [-0.25, -0.2) is 0 Å². The molecule has 19 heavy (non-hydrogen) atoms. The number of hydrogen-bond donors (Lipinski definition) is 0. The molecule has 1 aromatic heterocycles. The Bertz CT molecular complexity index is 602. The molecule has 1 aliphatic rings. The van der Waals surface area contributed by atoms with E-state index in [0.717, 1.165) is 36.8 Å². The van der Waals surface area contributed by atoms with Gasteiger partial charge in [0.15, 0.2) is 0 Å². The number of likely N-dealkylation sites (tertiary alicyclic amines) is 1. The number of halogens is 1. The molecule has 1 amide bonds. The average Bonchev–Trinajstić information content (AvgIpc) is 2.82. The zero-order chi connectivity index (χ0) is 13.2. The lowest BCUT2D eigenvalue weighted by Gasteiger charge is -2.26. The molecule has 3 rings (SSSR count). The Morgan fingerprint density at radius 2 is 2.05 bits per heavy atom. The lowest BCUT2D eigenvalue weighted by atomic mass is 10.1. The van der Waals surface area contributed by atoms with Crippen LogP contribution in [0.1, 0.15) is 19.3 Å². The topological polar surface area (TPSA) is 38.1 Å². The van der Waals surface area contributed by atoms with Crippen molar-refractivity contribution < 1.29 is 4.79 Å². The third-order valence-corrected chi connectivity index (χ3v) is 3.84. The van der Waals surface area contributed by atoms with Crippen LogP contribution in [0, 0.1) is 0 Å². The highest BCUT2D eigenvalue weighted by molar-refractivity contribution is 6.31. The molecular formula is C14H16ClN3O. The summed E-state index contributed by atoms with van der Waals surface area (Å²) >= 11 is 6.00. The molecule has 100 valence electrons. The Labute approximate surface area is 116 Å². The molecule has 0 N–H and O–H groups in total. The van der Waals surface area contributed by atoms with E-state index in [9.17, 15) is 4.79 Å². The molecule has 1 saturated heterocycles. The normalized spacial score (nSPS) is 15.9. The van der Waals surface area contributed by atoms with Crippen LogP contribution in [0.15, 0.2) is 24.4 Å². The van der Waals surface area contributed by atoms with E-state index in [2.05, 4.69) is 5.10 Å². The predicted molar refractivity (Wildman–Crippen MR) is 75.2 cm³/mol. The SMILES string of the molecule is O=C(Cn1ncc2ccc(Cl)cc21)N1CCCCC1. The summed E-state index contributed by atoms with van der Waals surface area (Å²) in [5, 5.41) is 5.96. The summed E-state index contributed by atoms with van der Waals surface area (Å²) in [6.07, 6.45) is 5.22. The minimum atomic E-state index is 0.143. The van der Waals surface area contributed by atoms with E-state index in [4.69, 9.17) is 11.6 Å². The fraction of sp³-hybridized carbons (Fsp3) is 0.429. The largest absolute Gasteiger partial charge is 0.341 e. The standard InChI is InChI=1S/C14H16ClN3O/c15-12-5-4-11-9-16-18(13(11)8-12)10-14(19)17-6-2-1-3-7-17/h4-5,8-9H,1-3,6-7,10H2. The van der Waals surface area contributed by atoms with Crippen LogP contribution >= 0.6 is 11.6 Å². The van der Waals surface area contributed by atoms with Crippen LogP contribution in [0.2, 0.25) is 5.02 Å². The molecule has 0 radical (unpaired) electrons. The number of hydrogen-bond acceptors (Lipinski definition) is 2. The van der Waals surface area contributed by atoms with Crippen LogP contribution in [0.4, 0.5) is 0 Å². The summed E-state index contributed by atoms with van der Waals surface area (Å²) < 4.78 is 1.73. The first-order valence-electron chi connectivity index (χ1n) is 6.63. The highest BCUT2D eigenvalue weighted by Gasteiger charge is 2.17. The third kappa shape index (κ3) is 2.59. The molecule has 0 unspecified atom stereocenters. The van der Waals surface area contributed by atoms with Crippen molar-refractivity contribution in [2.75, 3.05) is 13.1 Å². The lowest BCUT2D eigenvalue weighted by molar-refractivity contribution is -0.132. The van der Waals surface area contributed by atoms with Crippen molar-refractivity contribution in [2.24, 2.45) is 0 Å². The highest BCUT2D eigenvalue weighted by atomic mass is 35.5. The number of fused-ring (bicyclic) bond motifs is 1. The van der Waals surface area contributed by atoms with Gasteiger partial charge in [0.1, 0.15) is 6.54 Å². The molecule has 1 fully saturated rings. The summed E-state index contributed by atoms with van der Waals surface area (Å²) in [6.45, 7) is 2.04. The average molecular weight is 278 g/mol. The molecule has 1 aromatic carbocycles. The number of benzene rings is 1. The first kappa shape index (κ1) is 12.5. The number of rotatable bonds is 2. The van der Waals surface area contributed by atoms with E-state index >= 15 is 0 Å². The summed E-state index contributed by atoms with van der Waals surface area (Å²) in [4.78, 5) is 14.2. The van der Waals surface area contributed by atoms with Crippen molar-refractivity contribution >= 4 is 28.4 Å². The van der Waals surface area contributed by atoms with E-state index in [1.807, 2.05) is 23.1 Å². The van der Waals surface area contributed by atoms with Crippen molar-refractivity contribution in [1.29, 1.82) is 0 Å². The second-order valence-corrected chi connectivity index (χ2v) is 5.38. The molecule has 0 spiro atoms. The monoisotopic (exact) mass is 277 g/mol. The Kier molecular flexibility index (Phi) is 3.42. The molecule has 0 aliphatic carbocycles. The second kappa shape index (κ2) is 5.21. The summed E-state index contributed by atoms with van der Waals surface area (Å²) in [6, 6.07) is 5.61. The van der Waals surface area contributed by atoms with Crippen molar-refractivity contribution in [3.05, 3.63) is 29.4 Å². The van der Waals surface area contributed by atoms with Gasteiger partial charge in [0.05, 0.1) is 11.7 Å². The maximum Gasteiger partial charge on any atom is 0.244 e. The van der Waals surface area contributed by atoms with Gasteiger partial charge in [0.2, 0.25) is 5.91 Å². The molecule has 0 atom stereocenters. The molecule has 0 bridgehead atoms. The number of carbonyl (C=O) groups excluding carboxylic acids is 1. The van der Waals surface area contributed by atoms with Crippen molar-refractivity contribution in [3.63, 3.8) is 0 Å². The van der Waals surface area contributed by atoms with E-state index in [1.165, 1.54) is 6.42 Å². The number of amides is 1. The zero-order valence-electron chi connectivity index (χ0n) is 10.7. The van der Waals surface area contributed by atoms with Gasteiger partial charge >= 0.3 is 0 Å². The maximum absolute atomic E-state index is 12.2. The summed E-state index contributed by atoms with van der Waals surface area (Å²) in [7, 11) is 0. The number of piperidine rings is 1. The van der Waals surface area contributed by atoms with Crippen molar-refractivity contribution in [2.45, 2.75) is 25.8 Å². The molecule has 1 aliphatic heterocycles. The summed E-state index contributed by atoms with van der Waals surface area (Å²) in [5.74, 6) is 0.143. The van der Waals surface area contributed by atoms with Gasteiger partial charge in [-0.05, 0) is 37.5 Å². The number of nitrogens with zero attached hydrogens (tertiary/aromatic N) is 3. The molecule has 2 heterocycles. The van der Waals surface area contributed by atoms with E-state index < -0.39 is 0 Å². The van der Waals surface area contributed by atoms with Crippen LogP contribution in [0.5, 0.6) is 0 Å². The molecular weight excluding hydrogens is 262 g/mol. The first-order chi connectivity index (χ1) is 9.24.